The summed E-state index contributed by atoms with van der Waals surface area (Å²) < 4.78 is 7.19. The van der Waals surface area contributed by atoms with Crippen molar-refractivity contribution in [1.82, 2.24) is 15.2 Å². The Balaban J connectivity index is 1.49. The summed E-state index contributed by atoms with van der Waals surface area (Å²) in [6, 6.07) is 25.9. The summed E-state index contributed by atoms with van der Waals surface area (Å²) in [4.78, 5) is 0. The number of methoxy groups -OCH3 is 1. The van der Waals surface area contributed by atoms with Crippen molar-refractivity contribution in [2.75, 3.05) is 7.11 Å². The molecule has 3 aromatic carbocycles. The number of halogens is 1. The molecule has 6 heteroatoms. The van der Waals surface area contributed by atoms with Crippen molar-refractivity contribution in [2.24, 2.45) is 5.10 Å². The van der Waals surface area contributed by atoms with E-state index < -0.39 is 0 Å². The summed E-state index contributed by atoms with van der Waals surface area (Å²) in [5.74, 6) is 0.834. The average Bonchev–Trinajstić information content (AvgIpc) is 3.48. The first-order chi connectivity index (χ1) is 15.2. The standard InChI is InChI=1S/C25H21ClN4O/c1-31-21-13-9-17(10-14-21)23-15-24(28-27-23)22-16-30(20-5-3-2-4-6-20)29-25(22)18-7-11-19(26)12-8-18/h2-14,16,24,28H,15H2,1H3. The van der Waals surface area contributed by atoms with Gasteiger partial charge in [0.25, 0.3) is 0 Å². The normalized spacial score (nSPS) is 15.4. The second-order valence-corrected chi connectivity index (χ2v) is 7.83. The van der Waals surface area contributed by atoms with E-state index in [4.69, 9.17) is 21.4 Å². The topological polar surface area (TPSA) is 51.4 Å². The van der Waals surface area contributed by atoms with Crippen molar-refractivity contribution in [3.63, 3.8) is 0 Å². The smallest absolute Gasteiger partial charge is 0.118 e. The number of nitrogens with one attached hydrogen (secondary N) is 1. The quantitative estimate of drug-likeness (QED) is 0.447. The molecule has 1 N–H and O–H groups in total. The molecule has 1 aliphatic heterocycles. The first kappa shape index (κ1) is 19.4. The van der Waals surface area contributed by atoms with Crippen LogP contribution in [0.25, 0.3) is 16.9 Å². The molecule has 0 saturated heterocycles. The Hall–Kier alpha value is -3.57. The number of nitrogens with zero attached hydrogens (tertiary/aromatic N) is 3. The summed E-state index contributed by atoms with van der Waals surface area (Å²) in [5, 5.41) is 10.2. The van der Waals surface area contributed by atoms with Crippen molar-refractivity contribution in [1.29, 1.82) is 0 Å². The fourth-order valence-electron chi connectivity index (χ4n) is 3.77. The highest BCUT2D eigenvalue weighted by Gasteiger charge is 2.26. The monoisotopic (exact) mass is 428 g/mol. The maximum Gasteiger partial charge on any atom is 0.118 e. The lowest BCUT2D eigenvalue weighted by atomic mass is 9.97. The molecular formula is C25H21ClN4O. The first-order valence-electron chi connectivity index (χ1n) is 10.1. The predicted molar refractivity (Wildman–Crippen MR) is 124 cm³/mol. The number of rotatable bonds is 5. The van der Waals surface area contributed by atoms with Crippen LogP contribution in [0.15, 0.2) is 90.2 Å². The Labute approximate surface area is 185 Å². The van der Waals surface area contributed by atoms with Gasteiger partial charge >= 0.3 is 0 Å². The van der Waals surface area contributed by atoms with Crippen LogP contribution in [0.4, 0.5) is 0 Å². The van der Waals surface area contributed by atoms with Gasteiger partial charge in [0.05, 0.1) is 30.2 Å². The fourth-order valence-corrected chi connectivity index (χ4v) is 3.90. The highest BCUT2D eigenvalue weighted by Crippen LogP contribution is 2.33. The lowest BCUT2D eigenvalue weighted by Gasteiger charge is -2.10. The van der Waals surface area contributed by atoms with Gasteiger partial charge in [0, 0.05) is 28.8 Å². The van der Waals surface area contributed by atoms with E-state index in [9.17, 15) is 0 Å². The first-order valence-corrected chi connectivity index (χ1v) is 10.5. The average molecular weight is 429 g/mol. The van der Waals surface area contributed by atoms with Crippen molar-refractivity contribution in [3.05, 3.63) is 101 Å². The summed E-state index contributed by atoms with van der Waals surface area (Å²) in [6.45, 7) is 0. The zero-order valence-corrected chi connectivity index (χ0v) is 17.8. The minimum Gasteiger partial charge on any atom is -0.497 e. The summed E-state index contributed by atoms with van der Waals surface area (Å²) in [7, 11) is 1.67. The number of para-hydroxylation sites is 1. The molecule has 4 aromatic rings. The van der Waals surface area contributed by atoms with Crippen LogP contribution in [-0.2, 0) is 0 Å². The van der Waals surface area contributed by atoms with Gasteiger partial charge in [-0.25, -0.2) is 4.68 Å². The van der Waals surface area contributed by atoms with Crippen molar-refractivity contribution < 1.29 is 4.74 Å². The zero-order valence-electron chi connectivity index (χ0n) is 17.0. The van der Waals surface area contributed by atoms with Crippen LogP contribution in [0.2, 0.25) is 5.02 Å². The minimum absolute atomic E-state index is 0.0280. The molecule has 154 valence electrons. The van der Waals surface area contributed by atoms with E-state index in [1.807, 2.05) is 83.5 Å². The van der Waals surface area contributed by atoms with E-state index in [1.165, 1.54) is 0 Å². The lowest BCUT2D eigenvalue weighted by molar-refractivity contribution is 0.415. The van der Waals surface area contributed by atoms with E-state index in [2.05, 4.69) is 16.7 Å². The predicted octanol–water partition coefficient (Wildman–Crippen LogP) is 5.64. The van der Waals surface area contributed by atoms with Gasteiger partial charge in [-0.05, 0) is 54.1 Å². The molecule has 1 aliphatic rings. The number of ether oxygens (including phenoxy) is 1. The highest BCUT2D eigenvalue weighted by atomic mass is 35.5. The maximum atomic E-state index is 6.11. The van der Waals surface area contributed by atoms with Crippen molar-refractivity contribution in [3.8, 4) is 22.7 Å². The molecular weight excluding hydrogens is 408 g/mol. The molecule has 0 bridgehead atoms. The third-order valence-corrected chi connectivity index (χ3v) is 5.68. The molecule has 1 atom stereocenters. The number of aromatic nitrogens is 2. The molecule has 5 rings (SSSR count). The molecule has 0 aliphatic carbocycles. The second-order valence-electron chi connectivity index (χ2n) is 7.39. The van der Waals surface area contributed by atoms with Gasteiger partial charge in [0.2, 0.25) is 0 Å². The number of hydrazone groups is 1. The van der Waals surface area contributed by atoms with E-state index in [0.29, 0.717) is 5.02 Å². The van der Waals surface area contributed by atoms with Crippen LogP contribution < -0.4 is 10.2 Å². The van der Waals surface area contributed by atoms with Crippen molar-refractivity contribution in [2.45, 2.75) is 12.5 Å². The molecule has 0 amide bonds. The molecule has 1 aromatic heterocycles. The van der Waals surface area contributed by atoms with Crippen LogP contribution in [0.5, 0.6) is 5.75 Å². The zero-order chi connectivity index (χ0) is 21.2. The van der Waals surface area contributed by atoms with Gasteiger partial charge in [-0.1, -0.05) is 41.9 Å². The maximum absolute atomic E-state index is 6.11. The van der Waals surface area contributed by atoms with Crippen molar-refractivity contribution >= 4 is 17.3 Å². The number of hydrogen-bond donors (Lipinski definition) is 1. The molecule has 0 radical (unpaired) electrons. The Morgan fingerprint density at radius 3 is 2.35 bits per heavy atom. The van der Waals surface area contributed by atoms with Gasteiger partial charge in [-0.3, -0.25) is 0 Å². The van der Waals surface area contributed by atoms with Crippen LogP contribution in [0, 0.1) is 0 Å². The Bertz CT molecular complexity index is 1210. The molecule has 0 spiro atoms. The van der Waals surface area contributed by atoms with E-state index in [1.54, 1.807) is 7.11 Å². The summed E-state index contributed by atoms with van der Waals surface area (Å²) in [5.41, 5.74) is 9.46. The largest absolute Gasteiger partial charge is 0.497 e. The van der Waals surface area contributed by atoms with Gasteiger partial charge in [0.15, 0.2) is 0 Å². The number of hydrogen-bond acceptors (Lipinski definition) is 4. The third-order valence-electron chi connectivity index (χ3n) is 5.43. The highest BCUT2D eigenvalue weighted by molar-refractivity contribution is 6.30. The fraction of sp³-hybridized carbons (Fsp3) is 0.120. The third kappa shape index (κ3) is 3.92. The molecule has 2 heterocycles. The number of benzene rings is 3. The van der Waals surface area contributed by atoms with E-state index in [0.717, 1.165) is 46.0 Å². The van der Waals surface area contributed by atoms with Gasteiger partial charge in [-0.15, -0.1) is 0 Å². The second kappa shape index (κ2) is 8.28. The van der Waals surface area contributed by atoms with Crippen LogP contribution in [0.1, 0.15) is 23.6 Å². The molecule has 31 heavy (non-hydrogen) atoms. The molecule has 0 fully saturated rings. The molecule has 1 unspecified atom stereocenters. The van der Waals surface area contributed by atoms with Crippen LogP contribution in [-0.4, -0.2) is 22.6 Å². The molecule has 0 saturated carbocycles. The Kier molecular flexibility index (Phi) is 5.18. The van der Waals surface area contributed by atoms with E-state index in [-0.39, 0.29) is 6.04 Å². The Morgan fingerprint density at radius 1 is 0.935 bits per heavy atom. The van der Waals surface area contributed by atoms with E-state index >= 15 is 0 Å². The lowest BCUT2D eigenvalue weighted by Crippen LogP contribution is -2.10. The van der Waals surface area contributed by atoms with Crippen LogP contribution in [0.3, 0.4) is 0 Å². The summed E-state index contributed by atoms with van der Waals surface area (Å²) >= 11 is 6.11. The molecule has 5 nitrogen and oxygen atoms in total. The Morgan fingerprint density at radius 2 is 1.65 bits per heavy atom. The van der Waals surface area contributed by atoms with Gasteiger partial charge in [-0.2, -0.15) is 10.2 Å². The van der Waals surface area contributed by atoms with Gasteiger partial charge < -0.3 is 10.2 Å². The summed E-state index contributed by atoms with van der Waals surface area (Å²) in [6.07, 6.45) is 2.86. The van der Waals surface area contributed by atoms with Crippen LogP contribution >= 0.6 is 11.6 Å². The van der Waals surface area contributed by atoms with Gasteiger partial charge in [0.1, 0.15) is 5.75 Å². The SMILES string of the molecule is COc1ccc(C2=NNC(c3cn(-c4ccccc4)nc3-c3ccc(Cl)cc3)C2)cc1. The minimum atomic E-state index is 0.0280.